The van der Waals surface area contributed by atoms with Gasteiger partial charge in [0.2, 0.25) is 0 Å². The van der Waals surface area contributed by atoms with Gasteiger partial charge in [-0.1, -0.05) is 24.6 Å². The minimum atomic E-state index is -0.728. The second-order valence-electron chi connectivity index (χ2n) is 7.47. The van der Waals surface area contributed by atoms with Crippen molar-refractivity contribution in [2.24, 2.45) is 0 Å². The summed E-state index contributed by atoms with van der Waals surface area (Å²) in [5.41, 5.74) is 5.32. The van der Waals surface area contributed by atoms with Crippen LogP contribution in [0.15, 0.2) is 53.3 Å². The van der Waals surface area contributed by atoms with Crippen molar-refractivity contribution in [3.05, 3.63) is 75.8 Å². The van der Waals surface area contributed by atoms with Gasteiger partial charge in [-0.2, -0.15) is 0 Å². The normalized spacial score (nSPS) is 13.0. The van der Waals surface area contributed by atoms with Gasteiger partial charge in [0.05, 0.1) is 16.5 Å². The summed E-state index contributed by atoms with van der Waals surface area (Å²) in [6, 6.07) is 12.9. The topological polar surface area (TPSA) is 119 Å². The highest BCUT2D eigenvalue weighted by atomic mass is 16.5. The maximum atomic E-state index is 12.8. The SMILES string of the molecule is O=C(COC(=O)c1ccc2c(=O)n3c(nc2c1)CCCCC3)NNC(=O)c1ccccc1. The number of aromatic nitrogens is 2. The van der Waals surface area contributed by atoms with E-state index in [0.717, 1.165) is 25.1 Å². The highest BCUT2D eigenvalue weighted by Gasteiger charge is 2.16. The Morgan fingerprint density at radius 1 is 0.969 bits per heavy atom. The van der Waals surface area contributed by atoms with Crippen LogP contribution < -0.4 is 16.4 Å². The summed E-state index contributed by atoms with van der Waals surface area (Å²) in [6.07, 6.45) is 3.67. The molecule has 2 aromatic carbocycles. The lowest BCUT2D eigenvalue weighted by atomic mass is 10.1. The van der Waals surface area contributed by atoms with E-state index in [-0.39, 0.29) is 11.1 Å². The number of carbonyl (C=O) groups excluding carboxylic acids is 3. The molecule has 32 heavy (non-hydrogen) atoms. The first-order valence-electron chi connectivity index (χ1n) is 10.4. The molecule has 0 atom stereocenters. The molecule has 9 nitrogen and oxygen atoms in total. The first kappa shape index (κ1) is 21.2. The molecule has 0 saturated carbocycles. The highest BCUT2D eigenvalue weighted by Crippen LogP contribution is 2.16. The van der Waals surface area contributed by atoms with Crippen molar-refractivity contribution < 1.29 is 19.1 Å². The van der Waals surface area contributed by atoms with E-state index in [0.29, 0.717) is 29.4 Å². The zero-order chi connectivity index (χ0) is 22.5. The lowest BCUT2D eigenvalue weighted by Crippen LogP contribution is -2.43. The lowest BCUT2D eigenvalue weighted by Gasteiger charge is -2.11. The Morgan fingerprint density at radius 3 is 2.59 bits per heavy atom. The van der Waals surface area contributed by atoms with Gasteiger partial charge in [0.15, 0.2) is 6.61 Å². The van der Waals surface area contributed by atoms with Gasteiger partial charge in [-0.25, -0.2) is 9.78 Å². The Balaban J connectivity index is 1.39. The number of carbonyl (C=O) groups is 3. The van der Waals surface area contributed by atoms with E-state index in [2.05, 4.69) is 15.8 Å². The van der Waals surface area contributed by atoms with E-state index in [4.69, 9.17) is 4.74 Å². The molecule has 9 heteroatoms. The zero-order valence-corrected chi connectivity index (χ0v) is 17.3. The number of benzene rings is 2. The molecule has 0 bridgehead atoms. The number of hydrogen-bond acceptors (Lipinski definition) is 6. The van der Waals surface area contributed by atoms with Crippen LogP contribution in [-0.2, 0) is 22.5 Å². The summed E-state index contributed by atoms with van der Waals surface area (Å²) in [7, 11) is 0. The smallest absolute Gasteiger partial charge is 0.338 e. The van der Waals surface area contributed by atoms with Crippen molar-refractivity contribution in [3.63, 3.8) is 0 Å². The van der Waals surface area contributed by atoms with Gasteiger partial charge in [-0.05, 0) is 43.2 Å². The standard InChI is InChI=1S/C23H22N4O5/c28-20(25-26-21(29)15-7-3-1-4-8-15)14-32-23(31)16-10-11-17-18(13-16)24-19-9-5-2-6-12-27(19)22(17)30/h1,3-4,7-8,10-11,13H,2,5-6,9,12,14H2,(H,25,28)(H,26,29). The highest BCUT2D eigenvalue weighted by molar-refractivity contribution is 5.97. The minimum absolute atomic E-state index is 0.111. The number of nitrogens with zero attached hydrogens (tertiary/aromatic N) is 2. The molecule has 0 radical (unpaired) electrons. The molecule has 164 valence electrons. The van der Waals surface area contributed by atoms with Crippen LogP contribution in [0.2, 0.25) is 0 Å². The number of nitrogens with one attached hydrogen (secondary N) is 2. The number of amides is 2. The number of rotatable bonds is 4. The summed E-state index contributed by atoms with van der Waals surface area (Å²) in [5, 5.41) is 0.438. The van der Waals surface area contributed by atoms with E-state index in [1.54, 1.807) is 41.0 Å². The van der Waals surface area contributed by atoms with E-state index >= 15 is 0 Å². The maximum absolute atomic E-state index is 12.8. The average molecular weight is 434 g/mol. The van der Waals surface area contributed by atoms with Crippen molar-refractivity contribution in [2.45, 2.75) is 32.2 Å². The van der Waals surface area contributed by atoms with E-state index in [9.17, 15) is 19.2 Å². The van der Waals surface area contributed by atoms with Crippen molar-refractivity contribution in [2.75, 3.05) is 6.61 Å². The summed E-state index contributed by atoms with van der Waals surface area (Å²) in [6.45, 7) is 0.0725. The minimum Gasteiger partial charge on any atom is -0.452 e. The van der Waals surface area contributed by atoms with Gasteiger partial charge >= 0.3 is 5.97 Å². The van der Waals surface area contributed by atoms with E-state index in [1.807, 2.05) is 0 Å². The molecule has 2 heterocycles. The quantitative estimate of drug-likeness (QED) is 0.477. The molecule has 2 N–H and O–H groups in total. The number of hydrogen-bond donors (Lipinski definition) is 2. The Morgan fingerprint density at radius 2 is 1.78 bits per heavy atom. The summed E-state index contributed by atoms with van der Waals surface area (Å²) < 4.78 is 6.74. The Hall–Kier alpha value is -4.01. The monoisotopic (exact) mass is 434 g/mol. The summed E-state index contributed by atoms with van der Waals surface area (Å²) in [4.78, 5) is 53.6. The number of fused-ring (bicyclic) bond motifs is 2. The van der Waals surface area contributed by atoms with Gasteiger partial charge in [0, 0.05) is 18.5 Å². The molecule has 4 rings (SSSR count). The van der Waals surface area contributed by atoms with Crippen molar-refractivity contribution in [1.82, 2.24) is 20.4 Å². The van der Waals surface area contributed by atoms with E-state index < -0.39 is 24.4 Å². The van der Waals surface area contributed by atoms with Crippen LogP contribution in [0.5, 0.6) is 0 Å². The predicted octanol–water partition coefficient (Wildman–Crippen LogP) is 1.74. The number of aryl methyl sites for hydroxylation is 1. The molecular formula is C23H22N4O5. The van der Waals surface area contributed by atoms with E-state index in [1.165, 1.54) is 12.1 Å². The van der Waals surface area contributed by atoms with Crippen LogP contribution >= 0.6 is 0 Å². The third kappa shape index (κ3) is 4.66. The third-order valence-electron chi connectivity index (χ3n) is 5.24. The van der Waals surface area contributed by atoms with Crippen LogP contribution in [0.3, 0.4) is 0 Å². The molecule has 2 amide bonds. The first-order chi connectivity index (χ1) is 15.5. The van der Waals surface area contributed by atoms with Crippen molar-refractivity contribution in [1.29, 1.82) is 0 Å². The van der Waals surface area contributed by atoms with Gasteiger partial charge in [-0.3, -0.25) is 29.8 Å². The second-order valence-corrected chi connectivity index (χ2v) is 7.47. The lowest BCUT2D eigenvalue weighted by molar-refractivity contribution is -0.125. The summed E-state index contributed by atoms with van der Waals surface area (Å²) in [5.74, 6) is -1.19. The first-order valence-corrected chi connectivity index (χ1v) is 10.4. The van der Waals surface area contributed by atoms with Gasteiger partial charge in [0.25, 0.3) is 17.4 Å². The van der Waals surface area contributed by atoms with Gasteiger partial charge < -0.3 is 4.74 Å². The molecule has 1 aliphatic rings. The number of esters is 1. The molecule has 0 unspecified atom stereocenters. The molecule has 1 aliphatic heterocycles. The van der Waals surface area contributed by atoms with Crippen LogP contribution in [0, 0.1) is 0 Å². The molecular weight excluding hydrogens is 412 g/mol. The molecule has 3 aromatic rings. The molecule has 1 aromatic heterocycles. The fraction of sp³-hybridized carbons (Fsp3) is 0.261. The Kier molecular flexibility index (Phi) is 6.25. The molecule has 0 fully saturated rings. The predicted molar refractivity (Wildman–Crippen MR) is 116 cm³/mol. The van der Waals surface area contributed by atoms with Crippen LogP contribution in [0.4, 0.5) is 0 Å². The second kappa shape index (κ2) is 9.42. The van der Waals surface area contributed by atoms with Gasteiger partial charge in [0.1, 0.15) is 5.82 Å². The van der Waals surface area contributed by atoms with Crippen molar-refractivity contribution in [3.8, 4) is 0 Å². The number of hydrazine groups is 1. The molecule has 0 saturated heterocycles. The Bertz CT molecular complexity index is 1240. The number of ether oxygens (including phenoxy) is 1. The average Bonchev–Trinajstić information content (AvgIpc) is 3.07. The third-order valence-corrected chi connectivity index (χ3v) is 5.24. The zero-order valence-electron chi connectivity index (χ0n) is 17.3. The molecule has 0 spiro atoms. The molecule has 0 aliphatic carbocycles. The van der Waals surface area contributed by atoms with Crippen LogP contribution in [-0.4, -0.2) is 33.9 Å². The fourth-order valence-corrected chi connectivity index (χ4v) is 3.58. The Labute approximate surface area is 183 Å². The van der Waals surface area contributed by atoms with Crippen molar-refractivity contribution >= 4 is 28.7 Å². The van der Waals surface area contributed by atoms with Gasteiger partial charge in [-0.15, -0.1) is 0 Å². The van der Waals surface area contributed by atoms with Crippen LogP contribution in [0.1, 0.15) is 45.8 Å². The largest absolute Gasteiger partial charge is 0.452 e. The maximum Gasteiger partial charge on any atom is 0.338 e. The summed E-state index contributed by atoms with van der Waals surface area (Å²) >= 11 is 0. The fourth-order valence-electron chi connectivity index (χ4n) is 3.58. The van der Waals surface area contributed by atoms with Crippen LogP contribution in [0.25, 0.3) is 10.9 Å².